The van der Waals surface area contributed by atoms with Crippen LogP contribution in [0.2, 0.25) is 0 Å². The van der Waals surface area contributed by atoms with E-state index in [1.54, 1.807) is 21.0 Å². The predicted octanol–water partition coefficient (Wildman–Crippen LogP) is 0.0879. The van der Waals surface area contributed by atoms with Crippen molar-refractivity contribution >= 4 is 23.6 Å². The summed E-state index contributed by atoms with van der Waals surface area (Å²) in [7, 11) is 1.58. The Hall–Kier alpha value is -1.51. The van der Waals surface area contributed by atoms with Gasteiger partial charge in [0.15, 0.2) is 6.23 Å². The van der Waals surface area contributed by atoms with Crippen molar-refractivity contribution in [2.24, 2.45) is 0 Å². The zero-order valence-corrected chi connectivity index (χ0v) is 14.8. The van der Waals surface area contributed by atoms with Gasteiger partial charge in [-0.15, -0.1) is 11.8 Å². The minimum atomic E-state index is -0.995. The van der Waals surface area contributed by atoms with Gasteiger partial charge in [-0.2, -0.15) is 0 Å². The molecule has 0 saturated heterocycles. The third-order valence-electron chi connectivity index (χ3n) is 3.51. The zero-order chi connectivity index (χ0) is 17.4. The molecule has 0 aliphatic carbocycles. The quantitative estimate of drug-likeness (QED) is 0.489. The Morgan fingerprint density at radius 1 is 1.39 bits per heavy atom. The smallest absolute Gasteiger partial charge is 0.250 e. The molecule has 8 heteroatoms. The van der Waals surface area contributed by atoms with E-state index < -0.39 is 6.23 Å². The number of carbonyl (C=O) groups is 2. The molecule has 1 heterocycles. The summed E-state index contributed by atoms with van der Waals surface area (Å²) >= 11 is 1.41. The van der Waals surface area contributed by atoms with Crippen LogP contribution in [0.4, 0.5) is 0 Å². The Bertz CT molecular complexity index is 517. The number of methoxy groups -OCH3 is 1. The Balaban J connectivity index is 2.61. The Kier molecular flexibility index (Phi) is 8.15. The number of ether oxygens (including phenoxy) is 1. The molecule has 1 unspecified atom stereocenters. The van der Waals surface area contributed by atoms with Gasteiger partial charge in [0.2, 0.25) is 5.91 Å². The first-order chi connectivity index (χ1) is 10.9. The Labute approximate surface area is 140 Å². The highest BCUT2D eigenvalue weighted by Crippen LogP contribution is 2.16. The second kappa shape index (κ2) is 9.59. The lowest BCUT2D eigenvalue weighted by atomic mass is 10.1. The lowest BCUT2D eigenvalue weighted by molar-refractivity contribution is -0.120. The second-order valence-electron chi connectivity index (χ2n) is 5.25. The summed E-state index contributed by atoms with van der Waals surface area (Å²) in [5.41, 5.74) is 2.69. The molecular weight excluding hydrogens is 318 g/mol. The molecule has 1 rings (SSSR count). The summed E-state index contributed by atoms with van der Waals surface area (Å²) in [6, 6.07) is 0. The summed E-state index contributed by atoms with van der Waals surface area (Å²) in [5, 5.41) is 18.3. The van der Waals surface area contributed by atoms with Gasteiger partial charge >= 0.3 is 0 Å². The van der Waals surface area contributed by atoms with E-state index in [2.05, 4.69) is 16.0 Å². The lowest BCUT2D eigenvalue weighted by Crippen LogP contribution is -2.40. The summed E-state index contributed by atoms with van der Waals surface area (Å²) in [6.07, 6.45) is -0.995. The van der Waals surface area contributed by atoms with Gasteiger partial charge in [-0.1, -0.05) is 0 Å². The molecule has 7 nitrogen and oxygen atoms in total. The van der Waals surface area contributed by atoms with Gasteiger partial charge in [-0.25, -0.2) is 0 Å². The predicted molar refractivity (Wildman–Crippen MR) is 90.6 cm³/mol. The fourth-order valence-corrected chi connectivity index (χ4v) is 2.72. The molecule has 2 amide bonds. The number of hydrogen-bond acceptors (Lipinski definition) is 6. The molecule has 0 spiro atoms. The van der Waals surface area contributed by atoms with Crippen LogP contribution < -0.4 is 16.0 Å². The van der Waals surface area contributed by atoms with Crippen molar-refractivity contribution < 1.29 is 19.4 Å². The molecule has 1 aliphatic rings. The number of aliphatic hydroxyl groups excluding tert-OH is 1. The summed E-state index contributed by atoms with van der Waals surface area (Å²) in [4.78, 5) is 23.7. The van der Waals surface area contributed by atoms with Gasteiger partial charge in [-0.3, -0.25) is 9.59 Å². The normalized spacial score (nSPS) is 19.0. The Morgan fingerprint density at radius 2 is 2.09 bits per heavy atom. The van der Waals surface area contributed by atoms with E-state index in [9.17, 15) is 14.7 Å². The van der Waals surface area contributed by atoms with E-state index >= 15 is 0 Å². The molecule has 0 aromatic carbocycles. The topological polar surface area (TPSA) is 99.7 Å². The number of amides is 2. The first-order valence-electron chi connectivity index (χ1n) is 7.33. The molecule has 23 heavy (non-hydrogen) atoms. The third-order valence-corrected chi connectivity index (χ3v) is 4.47. The van der Waals surface area contributed by atoms with Crippen LogP contribution in [0.15, 0.2) is 22.5 Å². The first-order valence-corrected chi connectivity index (χ1v) is 8.48. The number of carbonyl (C=O) groups excluding carboxylic acids is 2. The monoisotopic (exact) mass is 343 g/mol. The van der Waals surface area contributed by atoms with Gasteiger partial charge < -0.3 is 25.8 Å². The molecule has 0 fully saturated rings. The van der Waals surface area contributed by atoms with E-state index in [1.807, 2.05) is 6.92 Å². The number of allylic oxidation sites excluding steroid dienone is 1. The number of hydrogen-bond donors (Lipinski definition) is 4. The Morgan fingerprint density at radius 3 is 2.74 bits per heavy atom. The van der Waals surface area contributed by atoms with E-state index in [0.717, 1.165) is 11.4 Å². The van der Waals surface area contributed by atoms with Crippen molar-refractivity contribution in [1.29, 1.82) is 0 Å². The molecular formula is C15H25N3O4S. The molecule has 1 aliphatic heterocycles. The highest BCUT2D eigenvalue weighted by molar-refractivity contribution is 8.00. The fourth-order valence-electron chi connectivity index (χ4n) is 1.84. The maximum atomic E-state index is 12.0. The molecule has 0 radical (unpaired) electrons. The van der Waals surface area contributed by atoms with Crippen LogP contribution in [-0.4, -0.2) is 54.9 Å². The van der Waals surface area contributed by atoms with Crippen LogP contribution in [0.3, 0.4) is 0 Å². The van der Waals surface area contributed by atoms with Crippen molar-refractivity contribution in [2.45, 2.75) is 27.0 Å². The molecule has 0 bridgehead atoms. The molecule has 4 N–H and O–H groups in total. The van der Waals surface area contributed by atoms with Gasteiger partial charge in [0.25, 0.3) is 5.91 Å². The summed E-state index contributed by atoms with van der Waals surface area (Å²) in [6.45, 7) is 6.25. The molecule has 1 atom stereocenters. The van der Waals surface area contributed by atoms with E-state index in [-0.39, 0.29) is 11.8 Å². The largest absolute Gasteiger partial charge is 0.383 e. The number of nitrogens with one attached hydrogen (secondary N) is 3. The number of aliphatic hydroxyl groups is 1. The fraction of sp³-hybridized carbons (Fsp3) is 0.600. The molecule has 0 aromatic rings. The lowest BCUT2D eigenvalue weighted by Gasteiger charge is -2.24. The van der Waals surface area contributed by atoms with Crippen molar-refractivity contribution in [2.75, 3.05) is 31.8 Å². The minimum absolute atomic E-state index is 0.0699. The van der Waals surface area contributed by atoms with Crippen molar-refractivity contribution in [3.05, 3.63) is 22.5 Å². The average molecular weight is 343 g/mol. The van der Waals surface area contributed by atoms with Crippen LogP contribution in [-0.2, 0) is 14.3 Å². The van der Waals surface area contributed by atoms with Crippen LogP contribution >= 0.6 is 11.8 Å². The summed E-state index contributed by atoms with van der Waals surface area (Å²) < 4.78 is 4.87. The summed E-state index contributed by atoms with van der Waals surface area (Å²) in [5.74, 6) is 0.405. The van der Waals surface area contributed by atoms with Gasteiger partial charge in [-0.05, 0) is 26.3 Å². The second-order valence-corrected chi connectivity index (χ2v) is 6.23. The van der Waals surface area contributed by atoms with Gasteiger partial charge in [0.05, 0.1) is 12.4 Å². The van der Waals surface area contributed by atoms with Crippen LogP contribution in [0, 0.1) is 0 Å². The van der Waals surface area contributed by atoms with Gasteiger partial charge in [0.1, 0.15) is 0 Å². The highest BCUT2D eigenvalue weighted by Gasteiger charge is 2.20. The van der Waals surface area contributed by atoms with Gasteiger partial charge in [0, 0.05) is 36.4 Å². The molecule has 0 aromatic heterocycles. The third kappa shape index (κ3) is 6.25. The number of thioether (sulfide) groups is 1. The zero-order valence-electron chi connectivity index (χ0n) is 14.0. The van der Waals surface area contributed by atoms with E-state index in [4.69, 9.17) is 4.74 Å². The number of rotatable bonds is 7. The van der Waals surface area contributed by atoms with Crippen molar-refractivity contribution in [3.63, 3.8) is 0 Å². The van der Waals surface area contributed by atoms with Crippen molar-refractivity contribution in [3.8, 4) is 0 Å². The molecule has 0 saturated carbocycles. The van der Waals surface area contributed by atoms with Crippen LogP contribution in [0.5, 0.6) is 0 Å². The van der Waals surface area contributed by atoms with Crippen LogP contribution in [0.1, 0.15) is 20.8 Å². The first kappa shape index (κ1) is 19.5. The maximum absolute atomic E-state index is 12.0. The minimum Gasteiger partial charge on any atom is -0.383 e. The van der Waals surface area contributed by atoms with Crippen molar-refractivity contribution in [1.82, 2.24) is 16.0 Å². The average Bonchev–Trinajstić information content (AvgIpc) is 2.51. The standard InChI is InChI=1S/C15H25N3O4S/c1-9-11(3)17-12(10(2)15(21)18-14(9)20)7-23-8-13(19)16-5-6-22-4/h14,17,20H,5-8H2,1-4H3,(H,16,19)(H,18,21). The van der Waals surface area contributed by atoms with Crippen LogP contribution in [0.25, 0.3) is 0 Å². The maximum Gasteiger partial charge on any atom is 0.250 e. The van der Waals surface area contributed by atoms with E-state index in [1.165, 1.54) is 11.8 Å². The SMILES string of the molecule is COCCNC(=O)CSCC1=C(C)C(=O)NC(O)C(C)=C(C)N1. The highest BCUT2D eigenvalue weighted by atomic mass is 32.2. The van der Waals surface area contributed by atoms with E-state index in [0.29, 0.717) is 35.8 Å². The molecule has 130 valence electrons.